The topological polar surface area (TPSA) is 98.5 Å². The number of hydrogen-bond acceptors (Lipinski definition) is 4. The number of ether oxygens (including phenoxy) is 1. The predicted molar refractivity (Wildman–Crippen MR) is 77.3 cm³/mol. The van der Waals surface area contributed by atoms with E-state index in [1.807, 2.05) is 0 Å². The third kappa shape index (κ3) is 2.63. The fourth-order valence-corrected chi connectivity index (χ4v) is 4.14. The Bertz CT molecular complexity index is 676. The molecule has 114 valence electrons. The van der Waals surface area contributed by atoms with Gasteiger partial charge < -0.3 is 10.1 Å². The van der Waals surface area contributed by atoms with Crippen molar-refractivity contribution >= 4 is 21.6 Å². The van der Waals surface area contributed by atoms with Crippen molar-refractivity contribution in [3.05, 3.63) is 18.2 Å². The minimum Gasteiger partial charge on any atom is -0.495 e. The molecule has 0 radical (unpaired) electrons. The molecule has 2 atom stereocenters. The van der Waals surface area contributed by atoms with Gasteiger partial charge >= 0.3 is 0 Å². The summed E-state index contributed by atoms with van der Waals surface area (Å²) >= 11 is 0. The zero-order chi connectivity index (χ0) is 15.2. The summed E-state index contributed by atoms with van der Waals surface area (Å²) < 4.78 is 28.1. The van der Waals surface area contributed by atoms with E-state index in [-0.39, 0.29) is 22.5 Å². The highest BCUT2D eigenvalue weighted by molar-refractivity contribution is 7.89. The number of carbonyl (C=O) groups excluding carboxylic acids is 1. The summed E-state index contributed by atoms with van der Waals surface area (Å²) in [7, 11) is -2.53. The summed E-state index contributed by atoms with van der Waals surface area (Å²) in [4.78, 5) is 12.1. The molecule has 2 saturated carbocycles. The van der Waals surface area contributed by atoms with E-state index in [0.29, 0.717) is 17.5 Å². The van der Waals surface area contributed by atoms with Crippen LogP contribution in [0, 0.1) is 17.8 Å². The third-order valence-corrected chi connectivity index (χ3v) is 5.38. The molecule has 0 spiro atoms. The molecule has 3 rings (SSSR count). The highest BCUT2D eigenvalue weighted by Crippen LogP contribution is 2.57. The molecule has 0 aromatic heterocycles. The number of amides is 1. The Labute approximate surface area is 123 Å². The third-order valence-electron chi connectivity index (χ3n) is 4.45. The van der Waals surface area contributed by atoms with Crippen molar-refractivity contribution in [2.24, 2.45) is 22.9 Å². The lowest BCUT2D eigenvalue weighted by Crippen LogP contribution is -2.18. The lowest BCUT2D eigenvalue weighted by Gasteiger charge is -2.11. The van der Waals surface area contributed by atoms with E-state index in [1.165, 1.54) is 25.7 Å². The van der Waals surface area contributed by atoms with E-state index < -0.39 is 10.0 Å². The van der Waals surface area contributed by atoms with Gasteiger partial charge in [0.25, 0.3) is 0 Å². The van der Waals surface area contributed by atoms with Crippen molar-refractivity contribution in [2.45, 2.75) is 24.2 Å². The van der Waals surface area contributed by atoms with Crippen LogP contribution in [0.1, 0.15) is 19.3 Å². The van der Waals surface area contributed by atoms with Crippen LogP contribution in [0.15, 0.2) is 23.1 Å². The number of anilines is 1. The predicted octanol–water partition coefficient (Wildman–Crippen LogP) is 1.33. The molecule has 1 aromatic carbocycles. The fraction of sp³-hybridized carbons (Fsp3) is 0.500. The number of methoxy groups -OCH3 is 1. The monoisotopic (exact) mass is 310 g/mol. The second-order valence-corrected chi connectivity index (χ2v) is 7.21. The van der Waals surface area contributed by atoms with Gasteiger partial charge in [-0.15, -0.1) is 0 Å². The summed E-state index contributed by atoms with van der Waals surface area (Å²) in [5.41, 5.74) is 0.426. The molecule has 6 nitrogen and oxygen atoms in total. The van der Waals surface area contributed by atoms with E-state index in [1.54, 1.807) is 6.07 Å². The van der Waals surface area contributed by atoms with Gasteiger partial charge in [-0.1, -0.05) is 6.42 Å². The van der Waals surface area contributed by atoms with Gasteiger partial charge in [-0.25, -0.2) is 13.6 Å². The van der Waals surface area contributed by atoms with E-state index in [2.05, 4.69) is 5.32 Å². The second kappa shape index (κ2) is 4.99. The Morgan fingerprint density at radius 1 is 1.33 bits per heavy atom. The number of hydrogen-bond donors (Lipinski definition) is 2. The van der Waals surface area contributed by atoms with Crippen molar-refractivity contribution in [3.8, 4) is 5.75 Å². The molecule has 0 bridgehead atoms. The minimum absolute atomic E-state index is 0.0322. The normalized spacial score (nSPS) is 27.0. The SMILES string of the molecule is COc1ccc(NC(=O)C2C3CCCC32)cc1S(N)(=O)=O. The van der Waals surface area contributed by atoms with Crippen molar-refractivity contribution in [1.29, 1.82) is 0 Å². The Morgan fingerprint density at radius 2 is 2.00 bits per heavy atom. The molecule has 2 aliphatic rings. The van der Waals surface area contributed by atoms with E-state index in [4.69, 9.17) is 9.88 Å². The van der Waals surface area contributed by atoms with Crippen LogP contribution in [0.25, 0.3) is 0 Å². The standard InChI is InChI=1S/C14H18N2O4S/c1-20-11-6-5-8(7-12(11)21(15,18)19)16-14(17)13-9-3-2-4-10(9)13/h5-7,9-10,13H,2-4H2,1H3,(H,16,17)(H2,15,18,19). The van der Waals surface area contributed by atoms with Crippen molar-refractivity contribution in [3.63, 3.8) is 0 Å². The average Bonchev–Trinajstić information content (AvgIpc) is 2.91. The quantitative estimate of drug-likeness (QED) is 0.876. The number of rotatable bonds is 4. The number of primary sulfonamides is 1. The lowest BCUT2D eigenvalue weighted by atomic mass is 10.1. The number of sulfonamides is 1. The van der Waals surface area contributed by atoms with Gasteiger partial charge in [-0.05, 0) is 42.9 Å². The van der Waals surface area contributed by atoms with Crippen LogP contribution in [0.5, 0.6) is 5.75 Å². The van der Waals surface area contributed by atoms with Crippen LogP contribution >= 0.6 is 0 Å². The number of fused-ring (bicyclic) bond motifs is 1. The molecule has 0 heterocycles. The molecule has 3 N–H and O–H groups in total. The maximum Gasteiger partial charge on any atom is 0.241 e. The zero-order valence-corrected chi connectivity index (χ0v) is 12.5. The number of nitrogens with two attached hydrogens (primary N) is 1. The maximum absolute atomic E-state index is 12.2. The zero-order valence-electron chi connectivity index (χ0n) is 11.7. The summed E-state index contributed by atoms with van der Waals surface area (Å²) in [5.74, 6) is 1.25. The highest BCUT2D eigenvalue weighted by Gasteiger charge is 2.56. The highest BCUT2D eigenvalue weighted by atomic mass is 32.2. The van der Waals surface area contributed by atoms with Crippen LogP contribution < -0.4 is 15.2 Å². The maximum atomic E-state index is 12.2. The van der Waals surface area contributed by atoms with Crippen LogP contribution in [-0.2, 0) is 14.8 Å². The van der Waals surface area contributed by atoms with Gasteiger partial charge in [0.1, 0.15) is 10.6 Å². The molecule has 1 aromatic rings. The summed E-state index contributed by atoms with van der Waals surface area (Å²) in [6.07, 6.45) is 3.44. The molecule has 21 heavy (non-hydrogen) atoms. The molecule has 2 aliphatic carbocycles. The van der Waals surface area contributed by atoms with Crippen LogP contribution in [0.3, 0.4) is 0 Å². The average molecular weight is 310 g/mol. The largest absolute Gasteiger partial charge is 0.495 e. The molecule has 1 amide bonds. The van der Waals surface area contributed by atoms with Gasteiger partial charge in [-0.3, -0.25) is 4.79 Å². The lowest BCUT2D eigenvalue weighted by molar-refractivity contribution is -0.118. The number of carbonyl (C=O) groups is 1. The van der Waals surface area contributed by atoms with E-state index in [0.717, 1.165) is 12.8 Å². The first kappa shape index (κ1) is 14.3. The van der Waals surface area contributed by atoms with Gasteiger partial charge in [0.15, 0.2) is 0 Å². The van der Waals surface area contributed by atoms with Crippen LogP contribution in [-0.4, -0.2) is 21.4 Å². The van der Waals surface area contributed by atoms with Crippen molar-refractivity contribution in [1.82, 2.24) is 0 Å². The second-order valence-electron chi connectivity index (χ2n) is 5.68. The summed E-state index contributed by atoms with van der Waals surface area (Å²) in [5, 5.41) is 7.94. The van der Waals surface area contributed by atoms with Crippen LogP contribution in [0.2, 0.25) is 0 Å². The van der Waals surface area contributed by atoms with Crippen molar-refractivity contribution in [2.75, 3.05) is 12.4 Å². The number of nitrogens with one attached hydrogen (secondary N) is 1. The van der Waals surface area contributed by atoms with E-state index in [9.17, 15) is 13.2 Å². The van der Waals surface area contributed by atoms with Crippen LogP contribution in [0.4, 0.5) is 5.69 Å². The van der Waals surface area contributed by atoms with Gasteiger partial charge in [-0.2, -0.15) is 0 Å². The first-order valence-electron chi connectivity index (χ1n) is 6.93. The Balaban J connectivity index is 1.78. The molecule has 7 heteroatoms. The fourth-order valence-electron chi connectivity index (χ4n) is 3.41. The van der Waals surface area contributed by atoms with Gasteiger partial charge in [0, 0.05) is 11.6 Å². The summed E-state index contributed by atoms with van der Waals surface area (Å²) in [6, 6.07) is 4.44. The first-order chi connectivity index (χ1) is 9.91. The number of benzene rings is 1. The molecular formula is C14H18N2O4S. The smallest absolute Gasteiger partial charge is 0.241 e. The first-order valence-corrected chi connectivity index (χ1v) is 8.48. The molecule has 2 fully saturated rings. The molecule has 0 saturated heterocycles. The Hall–Kier alpha value is -1.60. The van der Waals surface area contributed by atoms with Gasteiger partial charge in [0.05, 0.1) is 7.11 Å². The van der Waals surface area contributed by atoms with Crippen molar-refractivity contribution < 1.29 is 17.9 Å². The summed E-state index contributed by atoms with van der Waals surface area (Å²) in [6.45, 7) is 0. The minimum atomic E-state index is -3.90. The molecule has 2 unspecified atom stereocenters. The molecule has 0 aliphatic heterocycles. The van der Waals surface area contributed by atoms with E-state index >= 15 is 0 Å². The Morgan fingerprint density at radius 3 is 2.57 bits per heavy atom. The molecular weight excluding hydrogens is 292 g/mol. The Kier molecular flexibility index (Phi) is 3.41. The van der Waals surface area contributed by atoms with Gasteiger partial charge in [0.2, 0.25) is 15.9 Å².